The molecule has 1 aliphatic rings. The van der Waals surface area contributed by atoms with Crippen molar-refractivity contribution in [3.05, 3.63) is 28.2 Å². The number of likely N-dealkylation sites (tertiary alicyclic amines) is 1. The van der Waals surface area contributed by atoms with Crippen LogP contribution in [0.2, 0.25) is 0 Å². The number of rotatable bonds is 4. The summed E-state index contributed by atoms with van der Waals surface area (Å²) in [6, 6.07) is 5.42. The first-order chi connectivity index (χ1) is 9.15. The van der Waals surface area contributed by atoms with Crippen LogP contribution in [0, 0.1) is 5.92 Å². The number of methoxy groups -OCH3 is 2. The average Bonchev–Trinajstić information content (AvgIpc) is 2.87. The van der Waals surface area contributed by atoms with Crippen LogP contribution in [0.5, 0.6) is 5.75 Å². The van der Waals surface area contributed by atoms with Gasteiger partial charge in [0.15, 0.2) is 0 Å². The lowest BCUT2D eigenvalue weighted by molar-refractivity contribution is 0.0775. The van der Waals surface area contributed by atoms with Gasteiger partial charge in [0.05, 0.1) is 18.2 Å². The Labute approximate surface area is 121 Å². The smallest absolute Gasteiger partial charge is 0.253 e. The second kappa shape index (κ2) is 6.39. The Morgan fingerprint density at radius 2 is 2.26 bits per heavy atom. The molecule has 1 aromatic rings. The van der Waals surface area contributed by atoms with Gasteiger partial charge >= 0.3 is 0 Å². The Balaban J connectivity index is 2.06. The van der Waals surface area contributed by atoms with Crippen molar-refractivity contribution in [2.45, 2.75) is 6.42 Å². The van der Waals surface area contributed by atoms with Gasteiger partial charge in [-0.25, -0.2) is 0 Å². The van der Waals surface area contributed by atoms with Crippen molar-refractivity contribution in [1.82, 2.24) is 4.90 Å². The Morgan fingerprint density at radius 3 is 2.89 bits per heavy atom. The van der Waals surface area contributed by atoms with Crippen LogP contribution in [0.15, 0.2) is 22.7 Å². The van der Waals surface area contributed by atoms with E-state index in [9.17, 15) is 4.79 Å². The van der Waals surface area contributed by atoms with E-state index in [0.717, 1.165) is 36.3 Å². The van der Waals surface area contributed by atoms with Crippen molar-refractivity contribution in [1.29, 1.82) is 0 Å². The molecule has 0 N–H and O–H groups in total. The maximum atomic E-state index is 12.4. The zero-order valence-corrected chi connectivity index (χ0v) is 12.8. The molecular weight excluding hydrogens is 310 g/mol. The molecule has 4 nitrogen and oxygen atoms in total. The zero-order chi connectivity index (χ0) is 13.8. The molecule has 0 saturated carbocycles. The van der Waals surface area contributed by atoms with Crippen LogP contribution < -0.4 is 4.74 Å². The van der Waals surface area contributed by atoms with E-state index in [1.807, 2.05) is 11.0 Å². The lowest BCUT2D eigenvalue weighted by Crippen LogP contribution is -2.29. The number of benzene rings is 1. The van der Waals surface area contributed by atoms with Crippen molar-refractivity contribution in [3.63, 3.8) is 0 Å². The van der Waals surface area contributed by atoms with E-state index in [2.05, 4.69) is 15.9 Å². The summed E-state index contributed by atoms with van der Waals surface area (Å²) in [6.45, 7) is 2.29. The van der Waals surface area contributed by atoms with E-state index >= 15 is 0 Å². The monoisotopic (exact) mass is 327 g/mol. The van der Waals surface area contributed by atoms with Crippen molar-refractivity contribution < 1.29 is 14.3 Å². The molecule has 1 fully saturated rings. The number of halogens is 1. The number of ether oxygens (including phenoxy) is 2. The molecular formula is C14H18BrNO3. The molecule has 5 heteroatoms. The van der Waals surface area contributed by atoms with Crippen LogP contribution in [-0.4, -0.2) is 44.7 Å². The molecule has 1 aliphatic heterocycles. The first kappa shape index (κ1) is 14.3. The minimum atomic E-state index is 0.0713. The van der Waals surface area contributed by atoms with Crippen LogP contribution >= 0.6 is 15.9 Å². The maximum Gasteiger partial charge on any atom is 0.253 e. The van der Waals surface area contributed by atoms with Gasteiger partial charge in [-0.1, -0.05) is 0 Å². The summed E-state index contributed by atoms with van der Waals surface area (Å²) in [6.07, 6.45) is 1.01. The number of carbonyl (C=O) groups excluding carboxylic acids is 1. The summed E-state index contributed by atoms with van der Waals surface area (Å²) in [5, 5.41) is 0. The van der Waals surface area contributed by atoms with Crippen LogP contribution in [0.25, 0.3) is 0 Å². The fourth-order valence-electron chi connectivity index (χ4n) is 2.37. The molecule has 1 amide bonds. The Hall–Kier alpha value is -1.07. The molecule has 1 heterocycles. The van der Waals surface area contributed by atoms with Gasteiger partial charge < -0.3 is 14.4 Å². The Bertz CT molecular complexity index is 464. The van der Waals surface area contributed by atoms with E-state index in [0.29, 0.717) is 11.5 Å². The van der Waals surface area contributed by atoms with Gasteiger partial charge in [0, 0.05) is 31.7 Å². The first-order valence-electron chi connectivity index (χ1n) is 6.27. The highest BCUT2D eigenvalue weighted by atomic mass is 79.9. The highest BCUT2D eigenvalue weighted by molar-refractivity contribution is 9.10. The third kappa shape index (κ3) is 3.28. The summed E-state index contributed by atoms with van der Waals surface area (Å²) in [5.74, 6) is 1.26. The van der Waals surface area contributed by atoms with Gasteiger partial charge in [-0.3, -0.25) is 4.79 Å². The van der Waals surface area contributed by atoms with Crippen LogP contribution in [-0.2, 0) is 4.74 Å². The summed E-state index contributed by atoms with van der Waals surface area (Å²) < 4.78 is 11.1. The number of carbonyl (C=O) groups is 1. The van der Waals surface area contributed by atoms with Crippen molar-refractivity contribution in [2.24, 2.45) is 5.92 Å². The minimum Gasteiger partial charge on any atom is -0.496 e. The third-order valence-electron chi connectivity index (χ3n) is 3.37. The number of hydrogen-bond donors (Lipinski definition) is 0. The van der Waals surface area contributed by atoms with E-state index in [1.54, 1.807) is 26.4 Å². The highest BCUT2D eigenvalue weighted by Crippen LogP contribution is 2.27. The summed E-state index contributed by atoms with van der Waals surface area (Å²) in [5.41, 5.74) is 0.686. The Kier molecular flexibility index (Phi) is 4.82. The largest absolute Gasteiger partial charge is 0.496 e. The highest BCUT2D eigenvalue weighted by Gasteiger charge is 2.27. The standard InChI is InChI=1S/C14H18BrNO3/c1-18-9-10-5-6-16(8-10)14(17)11-3-4-13(19-2)12(15)7-11/h3-4,7,10H,5-6,8-9H2,1-2H3. The molecule has 104 valence electrons. The SMILES string of the molecule is COCC1CCN(C(=O)c2ccc(OC)c(Br)c2)C1. The predicted molar refractivity (Wildman–Crippen MR) is 76.6 cm³/mol. The quantitative estimate of drug-likeness (QED) is 0.853. The van der Waals surface area contributed by atoms with Gasteiger partial charge in [0.2, 0.25) is 0 Å². The Morgan fingerprint density at radius 1 is 1.47 bits per heavy atom. The second-order valence-electron chi connectivity index (χ2n) is 4.71. The molecule has 0 spiro atoms. The first-order valence-corrected chi connectivity index (χ1v) is 7.06. The van der Waals surface area contributed by atoms with Gasteiger partial charge in [0.25, 0.3) is 5.91 Å². The van der Waals surface area contributed by atoms with Gasteiger partial charge in [-0.05, 0) is 40.5 Å². The third-order valence-corrected chi connectivity index (χ3v) is 3.99. The molecule has 1 saturated heterocycles. The summed E-state index contributed by atoms with van der Waals surface area (Å²) in [7, 11) is 3.31. The molecule has 0 aliphatic carbocycles. The normalized spacial score (nSPS) is 18.7. The van der Waals surface area contributed by atoms with Crippen molar-refractivity contribution in [3.8, 4) is 5.75 Å². The lowest BCUT2D eigenvalue weighted by Gasteiger charge is -2.17. The van der Waals surface area contributed by atoms with E-state index in [-0.39, 0.29) is 5.91 Å². The van der Waals surface area contributed by atoms with Crippen molar-refractivity contribution in [2.75, 3.05) is 33.9 Å². The number of amides is 1. The zero-order valence-electron chi connectivity index (χ0n) is 11.2. The fourth-order valence-corrected chi connectivity index (χ4v) is 2.91. The molecule has 0 aromatic heterocycles. The lowest BCUT2D eigenvalue weighted by atomic mass is 10.1. The van der Waals surface area contributed by atoms with Gasteiger partial charge in [0.1, 0.15) is 5.75 Å². The molecule has 2 rings (SSSR count). The number of nitrogens with zero attached hydrogens (tertiary/aromatic N) is 1. The molecule has 1 atom stereocenters. The van der Waals surface area contributed by atoms with E-state index in [4.69, 9.17) is 9.47 Å². The molecule has 1 unspecified atom stereocenters. The van der Waals surface area contributed by atoms with Gasteiger partial charge in [-0.2, -0.15) is 0 Å². The number of hydrogen-bond acceptors (Lipinski definition) is 3. The second-order valence-corrected chi connectivity index (χ2v) is 5.56. The van der Waals surface area contributed by atoms with E-state index in [1.165, 1.54) is 0 Å². The van der Waals surface area contributed by atoms with Crippen LogP contribution in [0.4, 0.5) is 0 Å². The maximum absolute atomic E-state index is 12.4. The van der Waals surface area contributed by atoms with Gasteiger partial charge in [-0.15, -0.1) is 0 Å². The average molecular weight is 328 g/mol. The molecule has 1 aromatic carbocycles. The van der Waals surface area contributed by atoms with Crippen LogP contribution in [0.1, 0.15) is 16.8 Å². The fraction of sp³-hybridized carbons (Fsp3) is 0.500. The molecule has 0 bridgehead atoms. The van der Waals surface area contributed by atoms with Crippen molar-refractivity contribution >= 4 is 21.8 Å². The molecule has 0 radical (unpaired) electrons. The van der Waals surface area contributed by atoms with Crippen LogP contribution in [0.3, 0.4) is 0 Å². The van der Waals surface area contributed by atoms with E-state index < -0.39 is 0 Å². The summed E-state index contributed by atoms with van der Waals surface area (Å²) >= 11 is 3.41. The predicted octanol–water partition coefficient (Wildman–Crippen LogP) is 2.57. The molecule has 19 heavy (non-hydrogen) atoms. The minimum absolute atomic E-state index is 0.0713. The summed E-state index contributed by atoms with van der Waals surface area (Å²) in [4.78, 5) is 14.3. The topological polar surface area (TPSA) is 38.8 Å².